The largest absolute Gasteiger partial charge is 0.481 e. The van der Waals surface area contributed by atoms with Crippen molar-refractivity contribution < 1.29 is 19.4 Å². The Balaban J connectivity index is 2.04. The Morgan fingerprint density at radius 3 is 2.65 bits per heavy atom. The highest BCUT2D eigenvalue weighted by Crippen LogP contribution is 2.30. The number of carbonyl (C=O) groups excluding carboxylic acids is 1. The average Bonchev–Trinajstić information content (AvgIpc) is 2.76. The van der Waals surface area contributed by atoms with Gasteiger partial charge >= 0.3 is 5.97 Å². The summed E-state index contributed by atoms with van der Waals surface area (Å²) in [5, 5.41) is 12.4. The molecule has 4 N–H and O–H groups in total. The monoisotopic (exact) mass is 299 g/mol. The van der Waals surface area contributed by atoms with Crippen LogP contribution >= 0.6 is 11.3 Å². The van der Waals surface area contributed by atoms with Gasteiger partial charge in [-0.2, -0.15) is 0 Å². The van der Waals surface area contributed by atoms with Crippen molar-refractivity contribution in [2.24, 2.45) is 5.41 Å². The van der Waals surface area contributed by atoms with Gasteiger partial charge in [-0.3, -0.25) is 9.59 Å². The van der Waals surface area contributed by atoms with E-state index in [0.29, 0.717) is 41.8 Å². The van der Waals surface area contributed by atoms with Crippen molar-refractivity contribution in [3.8, 4) is 0 Å². The highest BCUT2D eigenvalue weighted by molar-refractivity contribution is 7.17. The molecule has 0 atom stereocenters. The van der Waals surface area contributed by atoms with E-state index in [1.54, 1.807) is 6.92 Å². The van der Waals surface area contributed by atoms with Gasteiger partial charge in [0, 0.05) is 19.8 Å². The molecule has 0 radical (unpaired) electrons. The van der Waals surface area contributed by atoms with Gasteiger partial charge in [0.1, 0.15) is 4.88 Å². The first-order chi connectivity index (χ1) is 9.44. The number of nitrogens with zero attached hydrogens (tertiary/aromatic N) is 1. The first-order valence-electron chi connectivity index (χ1n) is 6.27. The molecule has 8 heteroatoms. The molecule has 1 aliphatic rings. The van der Waals surface area contributed by atoms with E-state index in [0.717, 1.165) is 11.3 Å². The van der Waals surface area contributed by atoms with Crippen LogP contribution in [0.25, 0.3) is 0 Å². The van der Waals surface area contributed by atoms with E-state index in [-0.39, 0.29) is 12.5 Å². The summed E-state index contributed by atoms with van der Waals surface area (Å²) in [5.74, 6) is -1.23. The fourth-order valence-corrected chi connectivity index (χ4v) is 2.94. The summed E-state index contributed by atoms with van der Waals surface area (Å²) in [4.78, 5) is 27.9. The first kappa shape index (κ1) is 14.7. The standard InChI is InChI=1S/C12H17N3O4S/c1-7-8(20-11(13)15-7)9(16)14-6-12(10(17)18)2-4-19-5-3-12/h2-6H2,1H3,(H2,13,15)(H,14,16)(H,17,18). The third-order valence-corrected chi connectivity index (χ3v) is 4.50. The van der Waals surface area contributed by atoms with Gasteiger partial charge in [0.2, 0.25) is 0 Å². The number of anilines is 1. The molecule has 1 amide bonds. The van der Waals surface area contributed by atoms with Crippen LogP contribution < -0.4 is 11.1 Å². The average molecular weight is 299 g/mol. The predicted octanol–water partition coefficient (Wildman–Crippen LogP) is 0.645. The zero-order valence-electron chi connectivity index (χ0n) is 11.1. The smallest absolute Gasteiger partial charge is 0.311 e. The van der Waals surface area contributed by atoms with Gasteiger partial charge in [0.25, 0.3) is 5.91 Å². The summed E-state index contributed by atoms with van der Waals surface area (Å²) in [5.41, 5.74) is 5.16. The molecule has 110 valence electrons. The van der Waals surface area contributed by atoms with E-state index in [1.165, 1.54) is 0 Å². The van der Waals surface area contributed by atoms with Crippen LogP contribution in [0.4, 0.5) is 5.13 Å². The Hall–Kier alpha value is -1.67. The molecule has 0 bridgehead atoms. The summed E-state index contributed by atoms with van der Waals surface area (Å²) in [7, 11) is 0. The van der Waals surface area contributed by atoms with Crippen LogP contribution in [-0.2, 0) is 9.53 Å². The third kappa shape index (κ3) is 2.91. The molecule has 1 aliphatic heterocycles. The van der Waals surface area contributed by atoms with Crippen molar-refractivity contribution in [1.82, 2.24) is 10.3 Å². The second-order valence-corrected chi connectivity index (χ2v) is 5.88. The van der Waals surface area contributed by atoms with Crippen molar-refractivity contribution in [3.05, 3.63) is 10.6 Å². The van der Waals surface area contributed by atoms with Gasteiger partial charge in [-0.15, -0.1) is 0 Å². The lowest BCUT2D eigenvalue weighted by Gasteiger charge is -2.33. The highest BCUT2D eigenvalue weighted by Gasteiger charge is 2.40. The number of carbonyl (C=O) groups is 2. The molecule has 2 heterocycles. The number of hydrogen-bond donors (Lipinski definition) is 3. The molecule has 0 aliphatic carbocycles. The molecule has 0 unspecified atom stereocenters. The Morgan fingerprint density at radius 2 is 2.15 bits per heavy atom. The van der Waals surface area contributed by atoms with Gasteiger partial charge in [0.15, 0.2) is 5.13 Å². The number of aryl methyl sites for hydroxylation is 1. The second-order valence-electron chi connectivity index (χ2n) is 4.85. The van der Waals surface area contributed by atoms with Crippen molar-refractivity contribution >= 4 is 28.3 Å². The first-order valence-corrected chi connectivity index (χ1v) is 7.08. The zero-order valence-corrected chi connectivity index (χ0v) is 12.0. The fourth-order valence-electron chi connectivity index (χ4n) is 2.19. The van der Waals surface area contributed by atoms with Crippen molar-refractivity contribution in [2.75, 3.05) is 25.5 Å². The zero-order chi connectivity index (χ0) is 14.8. The molecule has 2 rings (SSSR count). The molecular formula is C12H17N3O4S. The van der Waals surface area contributed by atoms with Crippen LogP contribution in [0.15, 0.2) is 0 Å². The number of hydrogen-bond acceptors (Lipinski definition) is 6. The Morgan fingerprint density at radius 1 is 1.50 bits per heavy atom. The van der Waals surface area contributed by atoms with Crippen LogP contribution in [0.1, 0.15) is 28.2 Å². The predicted molar refractivity (Wildman–Crippen MR) is 73.7 cm³/mol. The number of aromatic nitrogens is 1. The molecule has 0 spiro atoms. The summed E-state index contributed by atoms with van der Waals surface area (Å²) in [6, 6.07) is 0. The van der Waals surface area contributed by atoms with E-state index in [4.69, 9.17) is 10.5 Å². The van der Waals surface area contributed by atoms with Crippen molar-refractivity contribution in [3.63, 3.8) is 0 Å². The van der Waals surface area contributed by atoms with E-state index >= 15 is 0 Å². The summed E-state index contributed by atoms with van der Waals surface area (Å²) in [6.45, 7) is 2.58. The molecule has 0 saturated carbocycles. The maximum absolute atomic E-state index is 12.1. The molecule has 7 nitrogen and oxygen atoms in total. The number of carboxylic acids is 1. The topological polar surface area (TPSA) is 115 Å². The Kier molecular flexibility index (Phi) is 4.24. The summed E-state index contributed by atoms with van der Waals surface area (Å²) >= 11 is 1.10. The molecule has 1 saturated heterocycles. The molecule has 1 aromatic heterocycles. The Labute approximate surface area is 120 Å². The summed E-state index contributed by atoms with van der Waals surface area (Å²) < 4.78 is 5.19. The van der Waals surface area contributed by atoms with Crippen molar-refractivity contribution in [2.45, 2.75) is 19.8 Å². The normalized spacial score (nSPS) is 17.6. The number of aliphatic carboxylic acids is 1. The lowest BCUT2D eigenvalue weighted by Crippen LogP contribution is -2.46. The maximum Gasteiger partial charge on any atom is 0.311 e. The highest BCUT2D eigenvalue weighted by atomic mass is 32.1. The summed E-state index contributed by atoms with van der Waals surface area (Å²) in [6.07, 6.45) is 0.791. The van der Waals surface area contributed by atoms with Gasteiger partial charge in [-0.25, -0.2) is 4.98 Å². The van der Waals surface area contributed by atoms with Gasteiger partial charge in [0.05, 0.1) is 11.1 Å². The van der Waals surface area contributed by atoms with Crippen LogP contribution in [0.5, 0.6) is 0 Å². The maximum atomic E-state index is 12.1. The van der Waals surface area contributed by atoms with Crippen LogP contribution in [-0.4, -0.2) is 41.7 Å². The van der Waals surface area contributed by atoms with Gasteiger partial charge < -0.3 is 20.9 Å². The number of nitrogens with two attached hydrogens (primary N) is 1. The minimum Gasteiger partial charge on any atom is -0.481 e. The number of rotatable bonds is 4. The van der Waals surface area contributed by atoms with Gasteiger partial charge in [-0.1, -0.05) is 11.3 Å². The SMILES string of the molecule is Cc1nc(N)sc1C(=O)NCC1(C(=O)O)CCOCC1. The van der Waals surface area contributed by atoms with Crippen LogP contribution in [0.2, 0.25) is 0 Å². The van der Waals surface area contributed by atoms with E-state index in [9.17, 15) is 14.7 Å². The van der Waals surface area contributed by atoms with Gasteiger partial charge in [-0.05, 0) is 19.8 Å². The number of amides is 1. The molecule has 0 aromatic carbocycles. The quantitative estimate of drug-likeness (QED) is 0.752. The lowest BCUT2D eigenvalue weighted by atomic mass is 9.80. The molecule has 20 heavy (non-hydrogen) atoms. The molecule has 1 fully saturated rings. The van der Waals surface area contributed by atoms with E-state index in [2.05, 4.69) is 10.3 Å². The van der Waals surface area contributed by atoms with Crippen LogP contribution in [0, 0.1) is 12.3 Å². The van der Waals surface area contributed by atoms with Crippen LogP contribution in [0.3, 0.4) is 0 Å². The second kappa shape index (κ2) is 5.76. The third-order valence-electron chi connectivity index (χ3n) is 3.51. The van der Waals surface area contributed by atoms with Crippen molar-refractivity contribution in [1.29, 1.82) is 0 Å². The minimum atomic E-state index is -0.946. The number of ether oxygens (including phenoxy) is 1. The number of nitrogens with one attached hydrogen (secondary N) is 1. The minimum absolute atomic E-state index is 0.0851. The number of thiazole rings is 1. The lowest BCUT2D eigenvalue weighted by molar-refractivity contribution is -0.154. The fraction of sp³-hybridized carbons (Fsp3) is 0.583. The number of nitrogen functional groups attached to an aromatic ring is 1. The Bertz CT molecular complexity index is 523. The van der Waals surface area contributed by atoms with E-state index in [1.807, 2.05) is 0 Å². The molecular weight excluding hydrogens is 282 g/mol. The molecule has 1 aromatic rings. The number of carboxylic acid groups (broad SMARTS) is 1. The van der Waals surface area contributed by atoms with E-state index < -0.39 is 11.4 Å².